The van der Waals surface area contributed by atoms with Gasteiger partial charge in [-0.3, -0.25) is 0 Å². The molecular formula is C14H25ClN4. The third-order valence-corrected chi connectivity index (χ3v) is 2.61. The van der Waals surface area contributed by atoms with Gasteiger partial charge in [-0.25, -0.2) is 4.98 Å². The number of anilines is 1. The molecule has 0 saturated heterocycles. The molecule has 0 bridgehead atoms. The minimum absolute atomic E-state index is 0.366. The summed E-state index contributed by atoms with van der Waals surface area (Å²) in [6.45, 7) is 5.41. The summed E-state index contributed by atoms with van der Waals surface area (Å²) < 4.78 is 0. The zero-order valence-electron chi connectivity index (χ0n) is 12.3. The topological polar surface area (TPSA) is 66.0 Å². The van der Waals surface area contributed by atoms with Crippen LogP contribution in [0.1, 0.15) is 38.7 Å². The Balaban J connectivity index is 0.000000459. The van der Waals surface area contributed by atoms with Gasteiger partial charge in [-0.1, -0.05) is 31.9 Å². The molecule has 0 amide bonds. The van der Waals surface area contributed by atoms with E-state index >= 15 is 0 Å². The number of rotatable bonds is 5. The van der Waals surface area contributed by atoms with Crippen LogP contribution in [0.5, 0.6) is 0 Å². The fourth-order valence-corrected chi connectivity index (χ4v) is 1.69. The molecule has 0 aliphatic carbocycles. The van der Waals surface area contributed by atoms with Crippen molar-refractivity contribution >= 4 is 23.0 Å². The summed E-state index contributed by atoms with van der Waals surface area (Å²) in [5.74, 6) is 0. The van der Waals surface area contributed by atoms with Crippen LogP contribution in [-0.4, -0.2) is 36.2 Å². The molecule has 0 saturated carbocycles. The maximum absolute atomic E-state index is 7.68. The van der Waals surface area contributed by atoms with Crippen molar-refractivity contribution in [2.24, 2.45) is 0 Å². The maximum atomic E-state index is 7.68. The minimum atomic E-state index is 0.366. The van der Waals surface area contributed by atoms with Crippen LogP contribution in [0.15, 0.2) is 12.3 Å². The van der Waals surface area contributed by atoms with E-state index in [0.29, 0.717) is 28.5 Å². The molecule has 1 rings (SSSR count). The van der Waals surface area contributed by atoms with Gasteiger partial charge in [0.05, 0.1) is 0 Å². The molecule has 3 N–H and O–H groups in total. The van der Waals surface area contributed by atoms with Crippen LogP contribution in [0.2, 0.25) is 5.15 Å². The zero-order valence-corrected chi connectivity index (χ0v) is 13.1. The fraction of sp³-hybridized carbons (Fsp3) is 0.571. The lowest BCUT2D eigenvalue weighted by Gasteiger charge is -2.05. The van der Waals surface area contributed by atoms with E-state index in [9.17, 15) is 0 Å². The Morgan fingerprint density at radius 3 is 2.37 bits per heavy atom. The molecule has 5 heteroatoms. The summed E-state index contributed by atoms with van der Waals surface area (Å²) in [6, 6.07) is 1.57. The molecular weight excluding hydrogens is 260 g/mol. The highest BCUT2D eigenvalue weighted by molar-refractivity contribution is 6.29. The molecule has 0 spiro atoms. The number of hydrogen-bond donors (Lipinski definition) is 2. The van der Waals surface area contributed by atoms with E-state index in [1.807, 2.05) is 6.92 Å². The Kier molecular flexibility index (Phi) is 9.17. The van der Waals surface area contributed by atoms with Crippen molar-refractivity contribution in [2.45, 2.75) is 33.1 Å². The van der Waals surface area contributed by atoms with Gasteiger partial charge in [0.1, 0.15) is 5.15 Å². The second kappa shape index (κ2) is 9.75. The number of nitrogens with zero attached hydrogens (tertiary/aromatic N) is 2. The smallest absolute Gasteiger partial charge is 0.131 e. The number of halogens is 1. The predicted octanol–water partition coefficient (Wildman–Crippen LogP) is 3.44. The van der Waals surface area contributed by atoms with Crippen molar-refractivity contribution in [2.75, 3.05) is 26.4 Å². The van der Waals surface area contributed by atoms with E-state index in [1.54, 1.807) is 12.3 Å². The predicted molar refractivity (Wildman–Crippen MR) is 84.2 cm³/mol. The Hall–Kier alpha value is -1.13. The summed E-state index contributed by atoms with van der Waals surface area (Å²) in [7, 11) is 4.17. The van der Waals surface area contributed by atoms with Crippen molar-refractivity contribution in [3.63, 3.8) is 0 Å². The number of aromatic nitrogens is 1. The van der Waals surface area contributed by atoms with Crippen molar-refractivity contribution in [3.05, 3.63) is 23.0 Å². The van der Waals surface area contributed by atoms with Crippen LogP contribution in [0.4, 0.5) is 5.69 Å². The van der Waals surface area contributed by atoms with E-state index in [0.717, 1.165) is 6.42 Å². The van der Waals surface area contributed by atoms with E-state index in [4.69, 9.17) is 22.7 Å². The number of hydrogen-bond acceptors (Lipinski definition) is 4. The molecule has 1 heterocycles. The largest absolute Gasteiger partial charge is 0.398 e. The Morgan fingerprint density at radius 2 is 2.00 bits per heavy atom. The molecule has 1 aromatic rings. The third-order valence-electron chi connectivity index (χ3n) is 2.40. The first-order chi connectivity index (χ1) is 8.92. The van der Waals surface area contributed by atoms with Crippen LogP contribution in [0.25, 0.3) is 0 Å². The standard InChI is InChI=1S/C9H12ClN3.C5H13N/c1-2-3-7(11)6-5-13-9(10)4-8(6)12;1-4-5-6(2)3/h4-5,11H,2-3H2,1H3,(H2,12,13);4-5H2,1-3H3. The van der Waals surface area contributed by atoms with Gasteiger partial charge in [0.15, 0.2) is 0 Å². The average Bonchev–Trinajstić information content (AvgIpc) is 2.29. The number of nitrogens with one attached hydrogen (secondary N) is 1. The summed E-state index contributed by atoms with van der Waals surface area (Å²) in [5, 5.41) is 8.04. The normalized spacial score (nSPS) is 10.0. The lowest BCUT2D eigenvalue weighted by molar-refractivity contribution is 0.408. The van der Waals surface area contributed by atoms with Gasteiger partial charge in [0.2, 0.25) is 0 Å². The molecule has 0 unspecified atom stereocenters. The number of pyridine rings is 1. The van der Waals surface area contributed by atoms with Crippen molar-refractivity contribution in [1.29, 1.82) is 5.41 Å². The Labute approximate surface area is 121 Å². The van der Waals surface area contributed by atoms with Gasteiger partial charge in [0, 0.05) is 23.2 Å². The van der Waals surface area contributed by atoms with Crippen LogP contribution in [-0.2, 0) is 0 Å². The second-order valence-electron chi connectivity index (χ2n) is 4.63. The van der Waals surface area contributed by atoms with E-state index < -0.39 is 0 Å². The molecule has 19 heavy (non-hydrogen) atoms. The highest BCUT2D eigenvalue weighted by Gasteiger charge is 2.05. The second-order valence-corrected chi connectivity index (χ2v) is 5.01. The first-order valence-electron chi connectivity index (χ1n) is 6.55. The number of nitrogens with two attached hydrogens (primary N) is 1. The first-order valence-corrected chi connectivity index (χ1v) is 6.93. The van der Waals surface area contributed by atoms with Crippen molar-refractivity contribution in [1.82, 2.24) is 9.88 Å². The minimum Gasteiger partial charge on any atom is -0.398 e. The van der Waals surface area contributed by atoms with E-state index in [2.05, 4.69) is 30.9 Å². The summed E-state index contributed by atoms with van der Waals surface area (Å²) >= 11 is 5.64. The maximum Gasteiger partial charge on any atom is 0.131 e. The fourth-order valence-electron chi connectivity index (χ4n) is 1.53. The highest BCUT2D eigenvalue weighted by Crippen LogP contribution is 2.16. The SMILES string of the molecule is CCCC(=N)c1cnc(Cl)cc1N.CCCN(C)C. The molecule has 1 aromatic heterocycles. The molecule has 0 atom stereocenters. The zero-order chi connectivity index (χ0) is 14.8. The van der Waals surface area contributed by atoms with Crippen molar-refractivity contribution in [3.8, 4) is 0 Å². The summed E-state index contributed by atoms with van der Waals surface area (Å²) in [6.07, 6.45) is 4.46. The lowest BCUT2D eigenvalue weighted by Crippen LogP contribution is -2.11. The average molecular weight is 285 g/mol. The molecule has 0 aliphatic heterocycles. The van der Waals surface area contributed by atoms with E-state index in [1.165, 1.54) is 13.0 Å². The van der Waals surface area contributed by atoms with Crippen LogP contribution >= 0.6 is 11.6 Å². The van der Waals surface area contributed by atoms with Crippen molar-refractivity contribution < 1.29 is 0 Å². The van der Waals surface area contributed by atoms with Gasteiger partial charge >= 0.3 is 0 Å². The molecule has 108 valence electrons. The molecule has 0 fully saturated rings. The summed E-state index contributed by atoms with van der Waals surface area (Å²) in [5.41, 5.74) is 7.42. The molecule has 4 nitrogen and oxygen atoms in total. The number of nitrogen functional groups attached to an aromatic ring is 1. The lowest BCUT2D eigenvalue weighted by atomic mass is 10.1. The van der Waals surface area contributed by atoms with Gasteiger partial charge in [-0.2, -0.15) is 0 Å². The van der Waals surface area contributed by atoms with Gasteiger partial charge in [-0.15, -0.1) is 0 Å². The summed E-state index contributed by atoms with van der Waals surface area (Å²) in [4.78, 5) is 6.07. The van der Waals surface area contributed by atoms with Crippen LogP contribution in [0.3, 0.4) is 0 Å². The van der Waals surface area contributed by atoms with Gasteiger partial charge in [-0.05, 0) is 39.5 Å². The Bertz CT molecular complexity index is 391. The quantitative estimate of drug-likeness (QED) is 0.643. The highest BCUT2D eigenvalue weighted by atomic mass is 35.5. The monoisotopic (exact) mass is 284 g/mol. The molecule has 0 radical (unpaired) electrons. The van der Waals surface area contributed by atoms with Crippen LogP contribution < -0.4 is 5.73 Å². The van der Waals surface area contributed by atoms with Gasteiger partial charge < -0.3 is 16.0 Å². The Morgan fingerprint density at radius 1 is 1.37 bits per heavy atom. The molecule has 0 aliphatic rings. The van der Waals surface area contributed by atoms with E-state index in [-0.39, 0.29) is 0 Å². The van der Waals surface area contributed by atoms with Gasteiger partial charge in [0.25, 0.3) is 0 Å². The van der Waals surface area contributed by atoms with Crippen LogP contribution in [0, 0.1) is 5.41 Å². The molecule has 0 aromatic carbocycles. The third kappa shape index (κ3) is 7.80. The first kappa shape index (κ1) is 17.9.